The number of benzene rings is 2. The van der Waals surface area contributed by atoms with Gasteiger partial charge in [0, 0.05) is 5.56 Å². The van der Waals surface area contributed by atoms with Gasteiger partial charge in [-0.2, -0.15) is 0 Å². The molecule has 1 aliphatic heterocycles. The van der Waals surface area contributed by atoms with E-state index in [2.05, 4.69) is 19.2 Å². The fourth-order valence-corrected chi connectivity index (χ4v) is 2.38. The number of nitrogens with one attached hydrogen (secondary N) is 1. The Hall–Kier alpha value is -3.02. The molecule has 0 unspecified atom stereocenters. The molecule has 2 aromatic rings. The zero-order valence-electron chi connectivity index (χ0n) is 14.1. The van der Waals surface area contributed by atoms with Gasteiger partial charge in [-0.1, -0.05) is 26.0 Å². The first-order valence-electron chi connectivity index (χ1n) is 8.01. The lowest BCUT2D eigenvalue weighted by Gasteiger charge is -2.08. The molecule has 1 N–H and O–H groups in total. The second-order valence-corrected chi connectivity index (χ2v) is 5.95. The van der Waals surface area contributed by atoms with Crippen LogP contribution in [-0.2, 0) is 4.79 Å². The van der Waals surface area contributed by atoms with E-state index in [0.717, 1.165) is 5.56 Å². The summed E-state index contributed by atoms with van der Waals surface area (Å²) in [5.41, 5.74) is 1.55. The average Bonchev–Trinajstić information content (AvgIpc) is 3.07. The molecule has 0 aromatic heterocycles. The fourth-order valence-electron chi connectivity index (χ4n) is 2.38. The van der Waals surface area contributed by atoms with Crippen LogP contribution in [0.5, 0.6) is 17.2 Å². The molecule has 130 valence electrons. The van der Waals surface area contributed by atoms with Gasteiger partial charge < -0.3 is 19.5 Å². The van der Waals surface area contributed by atoms with Crippen LogP contribution >= 0.6 is 0 Å². The number of hydrogen-bond acceptors (Lipinski definition) is 5. The summed E-state index contributed by atoms with van der Waals surface area (Å²) in [7, 11) is 0. The van der Waals surface area contributed by atoms with Gasteiger partial charge in [-0.3, -0.25) is 4.79 Å². The van der Waals surface area contributed by atoms with Crippen LogP contribution in [0.4, 0.5) is 0 Å². The van der Waals surface area contributed by atoms with Gasteiger partial charge in [0.05, 0.1) is 0 Å². The second kappa shape index (κ2) is 7.25. The highest BCUT2D eigenvalue weighted by atomic mass is 16.7. The summed E-state index contributed by atoms with van der Waals surface area (Å²) in [5.74, 6) is 1.05. The van der Waals surface area contributed by atoms with Crippen molar-refractivity contribution < 1.29 is 23.8 Å². The second-order valence-electron chi connectivity index (χ2n) is 5.95. The zero-order chi connectivity index (χ0) is 17.8. The molecule has 0 aliphatic carbocycles. The largest absolute Gasteiger partial charge is 0.454 e. The molecule has 0 fully saturated rings. The van der Waals surface area contributed by atoms with Crippen LogP contribution in [0.3, 0.4) is 0 Å². The quantitative estimate of drug-likeness (QED) is 0.669. The summed E-state index contributed by atoms with van der Waals surface area (Å²) in [6.07, 6.45) is 0. The van der Waals surface area contributed by atoms with Crippen molar-refractivity contribution in [1.29, 1.82) is 0 Å². The van der Waals surface area contributed by atoms with Gasteiger partial charge in [-0.15, -0.1) is 0 Å². The highest BCUT2D eigenvalue weighted by Gasteiger charge is 2.17. The maximum Gasteiger partial charge on any atom is 0.330 e. The highest BCUT2D eigenvalue weighted by molar-refractivity contribution is 5.96. The van der Waals surface area contributed by atoms with E-state index in [-0.39, 0.29) is 19.2 Å². The molecular weight excluding hydrogens is 322 g/mol. The number of hydrogen-bond donors (Lipinski definition) is 1. The number of fused-ring (bicyclic) bond motifs is 1. The SMILES string of the molecule is CC(C)c1ccc(OC(=O)CNC(=O)c2ccc3c(c2)OCO3)cc1. The molecule has 1 amide bonds. The van der Waals surface area contributed by atoms with Crippen molar-refractivity contribution in [2.24, 2.45) is 0 Å². The Labute approximate surface area is 145 Å². The van der Waals surface area contributed by atoms with Crippen molar-refractivity contribution in [3.8, 4) is 17.2 Å². The van der Waals surface area contributed by atoms with Gasteiger partial charge in [-0.05, 0) is 41.8 Å². The lowest BCUT2D eigenvalue weighted by molar-refractivity contribution is -0.133. The Bertz CT molecular complexity index is 783. The predicted molar refractivity (Wildman–Crippen MR) is 91.1 cm³/mol. The summed E-state index contributed by atoms with van der Waals surface area (Å²) < 4.78 is 15.6. The van der Waals surface area contributed by atoms with Crippen molar-refractivity contribution in [1.82, 2.24) is 5.32 Å². The molecule has 0 saturated carbocycles. The first kappa shape index (κ1) is 16.8. The van der Waals surface area contributed by atoms with Crippen molar-refractivity contribution >= 4 is 11.9 Å². The monoisotopic (exact) mass is 341 g/mol. The minimum absolute atomic E-state index is 0.141. The molecule has 1 heterocycles. The molecule has 25 heavy (non-hydrogen) atoms. The van der Waals surface area contributed by atoms with Gasteiger partial charge >= 0.3 is 5.97 Å². The van der Waals surface area contributed by atoms with Crippen molar-refractivity contribution in [2.45, 2.75) is 19.8 Å². The molecule has 1 aliphatic rings. The van der Waals surface area contributed by atoms with E-state index in [4.69, 9.17) is 14.2 Å². The van der Waals surface area contributed by atoms with Crippen LogP contribution in [0.25, 0.3) is 0 Å². The smallest absolute Gasteiger partial charge is 0.330 e. The normalized spacial score (nSPS) is 12.1. The van der Waals surface area contributed by atoms with E-state index >= 15 is 0 Å². The Morgan fingerprint density at radius 1 is 1.08 bits per heavy atom. The Kier molecular flexibility index (Phi) is 4.88. The number of ether oxygens (including phenoxy) is 3. The maximum atomic E-state index is 12.1. The molecule has 2 aromatic carbocycles. The van der Waals surface area contributed by atoms with Crippen LogP contribution in [0.15, 0.2) is 42.5 Å². The topological polar surface area (TPSA) is 73.9 Å². The van der Waals surface area contributed by atoms with E-state index < -0.39 is 5.97 Å². The fraction of sp³-hybridized carbons (Fsp3) is 0.263. The molecule has 0 spiro atoms. The Balaban J connectivity index is 1.52. The van der Waals surface area contributed by atoms with Crippen molar-refractivity contribution in [3.05, 3.63) is 53.6 Å². The summed E-state index contributed by atoms with van der Waals surface area (Å²) in [4.78, 5) is 24.0. The average molecular weight is 341 g/mol. The lowest BCUT2D eigenvalue weighted by Crippen LogP contribution is -2.31. The summed E-state index contributed by atoms with van der Waals surface area (Å²) in [6, 6.07) is 12.2. The van der Waals surface area contributed by atoms with E-state index in [1.807, 2.05) is 12.1 Å². The van der Waals surface area contributed by atoms with Crippen LogP contribution in [-0.4, -0.2) is 25.2 Å². The van der Waals surface area contributed by atoms with Gasteiger partial charge in [0.2, 0.25) is 6.79 Å². The first-order chi connectivity index (χ1) is 12.0. The number of rotatable bonds is 5. The minimum Gasteiger partial charge on any atom is -0.454 e. The lowest BCUT2D eigenvalue weighted by atomic mass is 10.0. The molecule has 0 radical (unpaired) electrons. The summed E-state index contributed by atoms with van der Waals surface area (Å²) in [6.45, 7) is 4.10. The summed E-state index contributed by atoms with van der Waals surface area (Å²) >= 11 is 0. The molecule has 3 rings (SSSR count). The molecule has 0 saturated heterocycles. The third-order valence-electron chi connectivity index (χ3n) is 3.81. The van der Waals surface area contributed by atoms with Crippen molar-refractivity contribution in [2.75, 3.05) is 13.3 Å². The number of carbonyl (C=O) groups is 2. The van der Waals surface area contributed by atoms with Crippen LogP contribution in [0, 0.1) is 0 Å². The highest BCUT2D eigenvalue weighted by Crippen LogP contribution is 2.32. The number of esters is 1. The third-order valence-corrected chi connectivity index (χ3v) is 3.81. The number of carbonyl (C=O) groups excluding carboxylic acids is 2. The number of amides is 1. The minimum atomic E-state index is -0.536. The molecule has 6 heteroatoms. The molecule has 0 atom stereocenters. The van der Waals surface area contributed by atoms with Gasteiger partial charge in [0.15, 0.2) is 11.5 Å². The predicted octanol–water partition coefficient (Wildman–Crippen LogP) is 2.87. The summed E-state index contributed by atoms with van der Waals surface area (Å²) in [5, 5.41) is 2.53. The van der Waals surface area contributed by atoms with Crippen LogP contribution in [0.2, 0.25) is 0 Å². The van der Waals surface area contributed by atoms with Crippen molar-refractivity contribution in [3.63, 3.8) is 0 Å². The van der Waals surface area contributed by atoms with Gasteiger partial charge in [0.25, 0.3) is 5.91 Å². The van der Waals surface area contributed by atoms with E-state index in [1.165, 1.54) is 0 Å². The van der Waals surface area contributed by atoms with E-state index in [0.29, 0.717) is 28.7 Å². The van der Waals surface area contributed by atoms with E-state index in [9.17, 15) is 9.59 Å². The van der Waals surface area contributed by atoms with Gasteiger partial charge in [-0.25, -0.2) is 4.79 Å². The maximum absolute atomic E-state index is 12.1. The van der Waals surface area contributed by atoms with Crippen LogP contribution < -0.4 is 19.5 Å². The standard InChI is InChI=1S/C19H19NO5/c1-12(2)13-3-6-15(7-4-13)25-18(21)10-20-19(22)14-5-8-16-17(9-14)24-11-23-16/h3-9,12H,10-11H2,1-2H3,(H,20,22). The Morgan fingerprint density at radius 2 is 1.80 bits per heavy atom. The van der Waals surface area contributed by atoms with Gasteiger partial charge in [0.1, 0.15) is 12.3 Å². The molecule has 6 nitrogen and oxygen atoms in total. The molecule has 0 bridgehead atoms. The molecular formula is C19H19NO5. The zero-order valence-corrected chi connectivity index (χ0v) is 14.1. The van der Waals surface area contributed by atoms with Crippen LogP contribution in [0.1, 0.15) is 35.7 Å². The Morgan fingerprint density at radius 3 is 2.52 bits per heavy atom. The van der Waals surface area contributed by atoms with E-state index in [1.54, 1.807) is 30.3 Å². The third kappa shape index (κ3) is 4.09. The first-order valence-corrected chi connectivity index (χ1v) is 8.01.